The van der Waals surface area contributed by atoms with Crippen molar-refractivity contribution in [3.63, 3.8) is 0 Å². The first-order valence-electron chi connectivity index (χ1n) is 5.72. The lowest BCUT2D eigenvalue weighted by Gasteiger charge is -1.95. The Morgan fingerprint density at radius 2 is 2.15 bits per heavy atom. The first kappa shape index (κ1) is 13.7. The van der Waals surface area contributed by atoms with E-state index in [2.05, 4.69) is 36.3 Å². The van der Waals surface area contributed by atoms with Crippen molar-refractivity contribution in [2.75, 3.05) is 0 Å². The molecule has 0 fully saturated rings. The Morgan fingerprint density at radius 3 is 2.90 bits per heavy atom. The molecule has 102 valence electrons. The minimum atomic E-state index is 0.523. The number of halogens is 1. The zero-order chi connectivity index (χ0) is 13.9. The minimum Gasteiger partial charge on any atom is -0.420 e. The second kappa shape index (κ2) is 6.02. The van der Waals surface area contributed by atoms with Crippen molar-refractivity contribution in [1.82, 2.24) is 20.4 Å². The number of hydrogen-bond donors (Lipinski definition) is 0. The molecule has 0 bridgehead atoms. The Morgan fingerprint density at radius 1 is 1.25 bits per heavy atom. The fraction of sp³-hybridized carbons (Fsp3) is 0.167. The zero-order valence-electron chi connectivity index (χ0n) is 10.4. The summed E-state index contributed by atoms with van der Waals surface area (Å²) in [6.07, 6.45) is 0. The Labute approximate surface area is 132 Å². The molecule has 20 heavy (non-hydrogen) atoms. The van der Waals surface area contributed by atoms with Crippen molar-refractivity contribution in [3.05, 3.63) is 39.6 Å². The van der Waals surface area contributed by atoms with Crippen molar-refractivity contribution < 1.29 is 4.42 Å². The third-order valence-electron chi connectivity index (χ3n) is 2.37. The summed E-state index contributed by atoms with van der Waals surface area (Å²) in [5.74, 6) is 1.70. The predicted octanol–water partition coefficient (Wildman–Crippen LogP) is 3.95. The van der Waals surface area contributed by atoms with Gasteiger partial charge in [-0.15, -0.1) is 20.4 Å². The summed E-state index contributed by atoms with van der Waals surface area (Å²) >= 11 is 6.52. The number of rotatable bonds is 4. The number of hydrogen-bond acceptors (Lipinski definition) is 7. The number of thioether (sulfide) groups is 1. The van der Waals surface area contributed by atoms with Crippen LogP contribution in [0.1, 0.15) is 10.9 Å². The van der Waals surface area contributed by atoms with Crippen molar-refractivity contribution in [2.24, 2.45) is 0 Å². The van der Waals surface area contributed by atoms with Crippen LogP contribution in [0.5, 0.6) is 0 Å². The molecule has 0 atom stereocenters. The molecule has 0 N–H and O–H groups in total. The van der Waals surface area contributed by atoms with E-state index in [9.17, 15) is 0 Å². The highest BCUT2D eigenvalue weighted by atomic mass is 79.9. The lowest BCUT2D eigenvalue weighted by molar-refractivity contribution is 0.528. The van der Waals surface area contributed by atoms with E-state index in [0.29, 0.717) is 17.5 Å². The van der Waals surface area contributed by atoms with Crippen LogP contribution >= 0.6 is 39.0 Å². The van der Waals surface area contributed by atoms with Gasteiger partial charge >= 0.3 is 0 Å². The largest absolute Gasteiger partial charge is 0.420 e. The molecule has 2 heterocycles. The summed E-state index contributed by atoms with van der Waals surface area (Å²) in [7, 11) is 0. The fourth-order valence-corrected chi connectivity index (χ4v) is 3.56. The van der Waals surface area contributed by atoms with Crippen molar-refractivity contribution in [1.29, 1.82) is 0 Å². The van der Waals surface area contributed by atoms with E-state index in [1.807, 2.05) is 31.2 Å². The van der Waals surface area contributed by atoms with E-state index in [-0.39, 0.29) is 0 Å². The molecule has 3 aromatic rings. The van der Waals surface area contributed by atoms with Gasteiger partial charge in [-0.2, -0.15) is 0 Å². The highest BCUT2D eigenvalue weighted by Crippen LogP contribution is 2.27. The van der Waals surface area contributed by atoms with Crippen molar-refractivity contribution >= 4 is 39.0 Å². The summed E-state index contributed by atoms with van der Waals surface area (Å²) < 4.78 is 7.53. The minimum absolute atomic E-state index is 0.523. The highest BCUT2D eigenvalue weighted by molar-refractivity contribution is 9.10. The van der Waals surface area contributed by atoms with Gasteiger partial charge in [0.05, 0.1) is 5.75 Å². The summed E-state index contributed by atoms with van der Waals surface area (Å²) in [6.45, 7) is 1.93. The molecule has 0 saturated heterocycles. The molecule has 0 spiro atoms. The molecule has 3 rings (SSSR count). The van der Waals surface area contributed by atoms with E-state index < -0.39 is 0 Å². The third kappa shape index (κ3) is 3.25. The van der Waals surface area contributed by atoms with Crippen molar-refractivity contribution in [3.8, 4) is 11.5 Å². The van der Waals surface area contributed by atoms with Crippen LogP contribution in [-0.2, 0) is 5.75 Å². The van der Waals surface area contributed by atoms with Gasteiger partial charge < -0.3 is 4.42 Å². The number of benzene rings is 1. The second-order valence-corrected chi connectivity index (χ2v) is 7.21. The Balaban J connectivity index is 1.70. The SMILES string of the molecule is Cc1nnc(SCc2nnc(-c3cccc(Br)c3)o2)s1. The van der Waals surface area contributed by atoms with Crippen molar-refractivity contribution in [2.45, 2.75) is 17.0 Å². The summed E-state index contributed by atoms with van der Waals surface area (Å²) in [5.41, 5.74) is 0.898. The van der Waals surface area contributed by atoms with E-state index in [4.69, 9.17) is 4.42 Å². The normalized spacial score (nSPS) is 10.9. The molecule has 0 saturated carbocycles. The van der Waals surface area contributed by atoms with Gasteiger partial charge in [0.1, 0.15) is 5.01 Å². The van der Waals surface area contributed by atoms with Crippen LogP contribution in [0.25, 0.3) is 11.5 Å². The van der Waals surface area contributed by atoms with Gasteiger partial charge in [0.15, 0.2) is 4.34 Å². The quantitative estimate of drug-likeness (QED) is 0.649. The standard InChI is InChI=1S/C12H9BrN4OS2/c1-7-14-17-12(20-7)19-6-10-15-16-11(18-10)8-3-2-4-9(13)5-8/h2-5H,6H2,1H3. The smallest absolute Gasteiger partial charge is 0.247 e. The monoisotopic (exact) mass is 368 g/mol. The van der Waals surface area contributed by atoms with Crippen LogP contribution in [0.2, 0.25) is 0 Å². The van der Waals surface area contributed by atoms with E-state index in [0.717, 1.165) is 19.4 Å². The van der Waals surface area contributed by atoms with Crippen LogP contribution in [0.3, 0.4) is 0 Å². The fourth-order valence-electron chi connectivity index (χ4n) is 1.51. The number of nitrogens with zero attached hydrogens (tertiary/aromatic N) is 4. The van der Waals surface area contributed by atoms with Gasteiger partial charge in [-0.3, -0.25) is 0 Å². The van der Waals surface area contributed by atoms with E-state index >= 15 is 0 Å². The lowest BCUT2D eigenvalue weighted by atomic mass is 10.2. The van der Waals surface area contributed by atoms with Gasteiger partial charge in [-0.05, 0) is 25.1 Å². The van der Waals surface area contributed by atoms with Gasteiger partial charge in [-0.1, -0.05) is 45.1 Å². The average Bonchev–Trinajstić information content (AvgIpc) is 3.05. The van der Waals surface area contributed by atoms with E-state index in [1.54, 1.807) is 23.1 Å². The number of aryl methyl sites for hydroxylation is 1. The molecule has 1 aromatic carbocycles. The topological polar surface area (TPSA) is 64.7 Å². The third-order valence-corrected chi connectivity index (χ3v) is 4.82. The predicted molar refractivity (Wildman–Crippen MR) is 81.6 cm³/mol. The van der Waals surface area contributed by atoms with Gasteiger partial charge in [-0.25, -0.2) is 0 Å². The van der Waals surface area contributed by atoms with Crippen LogP contribution in [0.4, 0.5) is 0 Å². The van der Waals surface area contributed by atoms with Crippen LogP contribution in [-0.4, -0.2) is 20.4 Å². The molecule has 8 heteroatoms. The average molecular weight is 369 g/mol. The summed E-state index contributed by atoms with van der Waals surface area (Å²) in [4.78, 5) is 0. The molecule has 0 aliphatic rings. The van der Waals surface area contributed by atoms with Gasteiger partial charge in [0.2, 0.25) is 11.8 Å². The maximum atomic E-state index is 5.65. The Kier molecular flexibility index (Phi) is 4.13. The second-order valence-electron chi connectivity index (χ2n) is 3.89. The van der Waals surface area contributed by atoms with E-state index in [1.165, 1.54) is 0 Å². The molecular formula is C12H9BrN4OS2. The maximum Gasteiger partial charge on any atom is 0.247 e. The van der Waals surface area contributed by atoms with Crippen LogP contribution in [0.15, 0.2) is 37.5 Å². The maximum absolute atomic E-state index is 5.65. The molecule has 0 amide bonds. The van der Waals surface area contributed by atoms with Gasteiger partial charge in [0.25, 0.3) is 0 Å². The van der Waals surface area contributed by atoms with Gasteiger partial charge in [0, 0.05) is 10.0 Å². The molecule has 0 unspecified atom stereocenters. The summed E-state index contributed by atoms with van der Waals surface area (Å²) in [5, 5.41) is 17.1. The number of aromatic nitrogens is 4. The highest BCUT2D eigenvalue weighted by Gasteiger charge is 2.10. The molecule has 0 aliphatic heterocycles. The first-order chi connectivity index (χ1) is 9.70. The Hall–Kier alpha value is -1.25. The molecule has 2 aromatic heterocycles. The molecule has 0 aliphatic carbocycles. The molecule has 5 nitrogen and oxygen atoms in total. The lowest BCUT2D eigenvalue weighted by Crippen LogP contribution is -1.80. The zero-order valence-corrected chi connectivity index (χ0v) is 13.6. The molecule has 0 radical (unpaired) electrons. The van der Waals surface area contributed by atoms with Crippen LogP contribution in [0, 0.1) is 6.92 Å². The Bertz CT molecular complexity index is 728. The first-order valence-corrected chi connectivity index (χ1v) is 8.31. The summed E-state index contributed by atoms with van der Waals surface area (Å²) in [6, 6.07) is 7.76. The molecular weight excluding hydrogens is 360 g/mol. The van der Waals surface area contributed by atoms with Crippen LogP contribution < -0.4 is 0 Å².